The number of aromatic nitrogens is 1. The van der Waals surface area contributed by atoms with Crippen LogP contribution in [0.1, 0.15) is 36.9 Å². The third-order valence-electron chi connectivity index (χ3n) is 4.37. The van der Waals surface area contributed by atoms with Crippen molar-refractivity contribution in [2.75, 3.05) is 25.5 Å². The molecule has 1 aromatic heterocycles. The van der Waals surface area contributed by atoms with Crippen LogP contribution in [0.4, 0.5) is 5.82 Å². The van der Waals surface area contributed by atoms with Gasteiger partial charge in [-0.2, -0.15) is 0 Å². The fourth-order valence-electron chi connectivity index (χ4n) is 3.14. The lowest BCUT2D eigenvalue weighted by Crippen LogP contribution is -2.40. The highest BCUT2D eigenvalue weighted by Crippen LogP contribution is 2.22. The molecule has 2 aliphatic rings. The molecule has 0 amide bonds. The van der Waals surface area contributed by atoms with E-state index in [2.05, 4.69) is 29.4 Å². The van der Waals surface area contributed by atoms with Crippen molar-refractivity contribution in [3.63, 3.8) is 0 Å². The Labute approximate surface area is 110 Å². The molecular formula is C15H23N3. The maximum absolute atomic E-state index is 4.73. The molecule has 3 rings (SSSR count). The van der Waals surface area contributed by atoms with E-state index in [0.29, 0.717) is 6.04 Å². The van der Waals surface area contributed by atoms with Crippen LogP contribution in [-0.4, -0.2) is 36.1 Å². The van der Waals surface area contributed by atoms with Crippen LogP contribution in [0, 0.1) is 0 Å². The molecule has 0 spiro atoms. The van der Waals surface area contributed by atoms with Crippen molar-refractivity contribution in [1.29, 1.82) is 0 Å². The van der Waals surface area contributed by atoms with Gasteiger partial charge in [0.2, 0.25) is 0 Å². The molecule has 3 nitrogen and oxygen atoms in total. The van der Waals surface area contributed by atoms with E-state index in [1.165, 1.54) is 49.9 Å². The van der Waals surface area contributed by atoms with Crippen LogP contribution in [0.5, 0.6) is 0 Å². The number of nitrogens with zero attached hydrogens (tertiary/aromatic N) is 2. The summed E-state index contributed by atoms with van der Waals surface area (Å²) >= 11 is 0. The number of piperidine rings is 1. The molecule has 0 aromatic carbocycles. The number of pyridine rings is 1. The molecule has 0 bridgehead atoms. The predicted molar refractivity (Wildman–Crippen MR) is 75.0 cm³/mol. The molecule has 1 saturated heterocycles. The topological polar surface area (TPSA) is 28.2 Å². The Morgan fingerprint density at radius 1 is 1.28 bits per heavy atom. The molecule has 1 atom stereocenters. The minimum atomic E-state index is 0.675. The van der Waals surface area contributed by atoms with Gasteiger partial charge in [-0.15, -0.1) is 0 Å². The third-order valence-corrected chi connectivity index (χ3v) is 4.37. The van der Waals surface area contributed by atoms with Crippen molar-refractivity contribution in [3.8, 4) is 0 Å². The average molecular weight is 245 g/mol. The number of aryl methyl sites for hydroxylation is 2. The second kappa shape index (κ2) is 5.27. The molecule has 18 heavy (non-hydrogen) atoms. The molecule has 98 valence electrons. The number of hydrogen-bond acceptors (Lipinski definition) is 3. The normalized spacial score (nSPS) is 23.9. The summed E-state index contributed by atoms with van der Waals surface area (Å²) in [5.41, 5.74) is 2.77. The Bertz CT molecular complexity index is 416. The van der Waals surface area contributed by atoms with Crippen LogP contribution in [0.2, 0.25) is 0 Å². The molecule has 0 saturated carbocycles. The molecule has 1 fully saturated rings. The van der Waals surface area contributed by atoms with E-state index in [1.807, 2.05) is 0 Å². The summed E-state index contributed by atoms with van der Waals surface area (Å²) in [7, 11) is 2.24. The second-order valence-corrected chi connectivity index (χ2v) is 5.67. The second-order valence-electron chi connectivity index (χ2n) is 5.67. The zero-order valence-corrected chi connectivity index (χ0v) is 11.3. The maximum Gasteiger partial charge on any atom is 0.126 e. The number of hydrogen-bond donors (Lipinski definition) is 1. The fourth-order valence-corrected chi connectivity index (χ4v) is 3.14. The Kier molecular flexibility index (Phi) is 3.50. The lowest BCUT2D eigenvalue weighted by Gasteiger charge is -2.32. The lowest BCUT2D eigenvalue weighted by atomic mass is 10.0. The Hall–Kier alpha value is -1.09. The number of likely N-dealkylation sites (tertiary alicyclic amines) is 1. The molecule has 1 aromatic rings. The van der Waals surface area contributed by atoms with Gasteiger partial charge in [0.25, 0.3) is 0 Å². The van der Waals surface area contributed by atoms with Crippen LogP contribution in [-0.2, 0) is 12.8 Å². The van der Waals surface area contributed by atoms with Gasteiger partial charge in [0.05, 0.1) is 0 Å². The molecule has 1 N–H and O–H groups in total. The first kappa shape index (κ1) is 12.0. The number of rotatable bonds is 3. The van der Waals surface area contributed by atoms with Gasteiger partial charge < -0.3 is 10.2 Å². The smallest absolute Gasteiger partial charge is 0.126 e. The lowest BCUT2D eigenvalue weighted by molar-refractivity contribution is 0.194. The van der Waals surface area contributed by atoms with Crippen molar-refractivity contribution in [2.45, 2.75) is 44.6 Å². The average Bonchev–Trinajstić information content (AvgIpc) is 2.85. The number of fused-ring (bicyclic) bond motifs is 1. The highest BCUT2D eigenvalue weighted by atomic mass is 15.2. The highest BCUT2D eigenvalue weighted by Gasteiger charge is 2.19. The van der Waals surface area contributed by atoms with Gasteiger partial charge in [-0.3, -0.25) is 0 Å². The van der Waals surface area contributed by atoms with Gasteiger partial charge in [-0.25, -0.2) is 4.98 Å². The van der Waals surface area contributed by atoms with Crippen LogP contribution in [0.3, 0.4) is 0 Å². The largest absolute Gasteiger partial charge is 0.368 e. The van der Waals surface area contributed by atoms with Gasteiger partial charge >= 0.3 is 0 Å². The van der Waals surface area contributed by atoms with E-state index < -0.39 is 0 Å². The Morgan fingerprint density at radius 3 is 3.11 bits per heavy atom. The van der Waals surface area contributed by atoms with Gasteiger partial charge in [0, 0.05) is 18.3 Å². The first-order valence-corrected chi connectivity index (χ1v) is 7.26. The van der Waals surface area contributed by atoms with Gasteiger partial charge in [-0.05, 0) is 57.3 Å². The predicted octanol–water partition coefficient (Wildman–Crippen LogP) is 2.47. The molecule has 1 aliphatic heterocycles. The van der Waals surface area contributed by atoms with E-state index in [0.717, 1.165) is 18.8 Å². The quantitative estimate of drug-likeness (QED) is 0.886. The fraction of sp³-hybridized carbons (Fsp3) is 0.667. The monoisotopic (exact) mass is 245 g/mol. The summed E-state index contributed by atoms with van der Waals surface area (Å²) in [5, 5.41) is 3.52. The minimum absolute atomic E-state index is 0.675. The number of likely N-dealkylation sites (N-methyl/N-ethyl adjacent to an activating group) is 1. The van der Waals surface area contributed by atoms with E-state index in [1.54, 1.807) is 0 Å². The van der Waals surface area contributed by atoms with E-state index in [-0.39, 0.29) is 0 Å². The Morgan fingerprint density at radius 2 is 2.22 bits per heavy atom. The van der Waals surface area contributed by atoms with Crippen molar-refractivity contribution >= 4 is 5.82 Å². The molecule has 2 heterocycles. The van der Waals surface area contributed by atoms with E-state index >= 15 is 0 Å². The first-order valence-electron chi connectivity index (χ1n) is 7.26. The summed E-state index contributed by atoms with van der Waals surface area (Å²) in [6.07, 6.45) is 7.69. The van der Waals surface area contributed by atoms with Crippen molar-refractivity contribution in [1.82, 2.24) is 9.88 Å². The standard InChI is InChI=1S/C15H23N3/c1-18-10-3-2-6-13(18)11-16-15-9-8-12-5-4-7-14(12)17-15/h8-9,13H,2-7,10-11H2,1H3,(H,16,17). The van der Waals surface area contributed by atoms with E-state index in [4.69, 9.17) is 4.98 Å². The van der Waals surface area contributed by atoms with Crippen molar-refractivity contribution in [3.05, 3.63) is 23.4 Å². The van der Waals surface area contributed by atoms with Gasteiger partial charge in [0.15, 0.2) is 0 Å². The van der Waals surface area contributed by atoms with Gasteiger partial charge in [-0.1, -0.05) is 12.5 Å². The van der Waals surface area contributed by atoms with Crippen molar-refractivity contribution < 1.29 is 0 Å². The number of anilines is 1. The minimum Gasteiger partial charge on any atom is -0.368 e. The molecule has 0 radical (unpaired) electrons. The summed E-state index contributed by atoms with van der Waals surface area (Å²) < 4.78 is 0. The van der Waals surface area contributed by atoms with Gasteiger partial charge in [0.1, 0.15) is 5.82 Å². The van der Waals surface area contributed by atoms with Crippen molar-refractivity contribution in [2.24, 2.45) is 0 Å². The molecule has 3 heteroatoms. The summed E-state index contributed by atoms with van der Waals surface area (Å²) in [6, 6.07) is 5.07. The SMILES string of the molecule is CN1CCCCC1CNc1ccc2c(n1)CCC2. The molecule has 1 aliphatic carbocycles. The first-order chi connectivity index (χ1) is 8.83. The van der Waals surface area contributed by atoms with Crippen LogP contribution in [0.15, 0.2) is 12.1 Å². The number of nitrogens with one attached hydrogen (secondary N) is 1. The zero-order valence-electron chi connectivity index (χ0n) is 11.3. The highest BCUT2D eigenvalue weighted by molar-refractivity contribution is 5.40. The molecular weight excluding hydrogens is 222 g/mol. The van der Waals surface area contributed by atoms with Crippen LogP contribution in [0.25, 0.3) is 0 Å². The van der Waals surface area contributed by atoms with Crippen LogP contribution >= 0.6 is 0 Å². The maximum atomic E-state index is 4.73. The summed E-state index contributed by atoms with van der Waals surface area (Å²) in [6.45, 7) is 2.27. The Balaban J connectivity index is 1.59. The van der Waals surface area contributed by atoms with E-state index in [9.17, 15) is 0 Å². The van der Waals surface area contributed by atoms with Crippen LogP contribution < -0.4 is 5.32 Å². The summed E-state index contributed by atoms with van der Waals surface area (Å²) in [4.78, 5) is 7.21. The zero-order chi connectivity index (χ0) is 12.4. The molecule has 1 unspecified atom stereocenters. The summed E-state index contributed by atoms with van der Waals surface area (Å²) in [5.74, 6) is 1.06. The third kappa shape index (κ3) is 2.51.